The molecule has 0 saturated heterocycles. The Hall–Kier alpha value is -1.55. The molecule has 1 aliphatic heterocycles. The van der Waals surface area contributed by atoms with Gasteiger partial charge >= 0.3 is 0 Å². The molecular weight excluding hydrogens is 281 g/mol. The lowest BCUT2D eigenvalue weighted by Gasteiger charge is -2.26. The van der Waals surface area contributed by atoms with Crippen LogP contribution in [-0.2, 0) is 5.54 Å². The monoisotopic (exact) mass is 291 g/mol. The van der Waals surface area contributed by atoms with E-state index in [1.807, 2.05) is 30.3 Å². The van der Waals surface area contributed by atoms with Crippen LogP contribution in [-0.4, -0.2) is 5.84 Å². The molecule has 2 aromatic rings. The highest BCUT2D eigenvalue weighted by molar-refractivity contribution is 6.42. The van der Waals surface area contributed by atoms with Crippen molar-refractivity contribution in [3.63, 3.8) is 0 Å². The molecule has 19 heavy (non-hydrogen) atoms. The number of amidine groups is 1. The first kappa shape index (κ1) is 12.5. The molecule has 2 aromatic carbocycles. The summed E-state index contributed by atoms with van der Waals surface area (Å²) in [7, 11) is 0. The predicted octanol–water partition coefficient (Wildman–Crippen LogP) is 3.20. The average Bonchev–Trinajstić information content (AvgIpc) is 2.65. The van der Waals surface area contributed by atoms with Gasteiger partial charge in [0.15, 0.2) is 0 Å². The molecule has 0 radical (unpaired) electrons. The van der Waals surface area contributed by atoms with E-state index in [4.69, 9.17) is 34.7 Å². The minimum Gasteiger partial charge on any atom is -0.385 e. The van der Waals surface area contributed by atoms with Crippen LogP contribution < -0.4 is 11.5 Å². The van der Waals surface area contributed by atoms with E-state index in [0.29, 0.717) is 21.6 Å². The van der Waals surface area contributed by atoms with Gasteiger partial charge < -0.3 is 11.5 Å². The van der Waals surface area contributed by atoms with Crippen molar-refractivity contribution in [2.45, 2.75) is 5.54 Å². The molecule has 5 heteroatoms. The summed E-state index contributed by atoms with van der Waals surface area (Å²) in [5.41, 5.74) is 13.9. The Kier molecular flexibility index (Phi) is 2.78. The van der Waals surface area contributed by atoms with Gasteiger partial charge in [0.2, 0.25) is 0 Å². The zero-order chi connectivity index (χ0) is 13.6. The zero-order valence-corrected chi connectivity index (χ0v) is 11.4. The van der Waals surface area contributed by atoms with Gasteiger partial charge in [-0.1, -0.05) is 53.5 Å². The molecule has 0 aromatic heterocycles. The summed E-state index contributed by atoms with van der Waals surface area (Å²) in [5, 5.41) is 0.880. The summed E-state index contributed by atoms with van der Waals surface area (Å²) in [6.45, 7) is 0. The van der Waals surface area contributed by atoms with Crippen LogP contribution in [0.2, 0.25) is 10.0 Å². The Morgan fingerprint density at radius 1 is 1.00 bits per heavy atom. The lowest BCUT2D eigenvalue weighted by atomic mass is 9.84. The van der Waals surface area contributed by atoms with Gasteiger partial charge in [-0.3, -0.25) is 0 Å². The summed E-state index contributed by atoms with van der Waals surface area (Å²) in [6.07, 6.45) is 0. The molecule has 0 fully saturated rings. The van der Waals surface area contributed by atoms with E-state index in [2.05, 4.69) is 4.99 Å². The Morgan fingerprint density at radius 3 is 2.32 bits per heavy atom. The molecule has 1 aliphatic rings. The molecule has 96 valence electrons. The van der Waals surface area contributed by atoms with E-state index in [1.165, 1.54) is 0 Å². The summed E-state index contributed by atoms with van der Waals surface area (Å²) >= 11 is 12.1. The van der Waals surface area contributed by atoms with Crippen LogP contribution >= 0.6 is 23.2 Å². The van der Waals surface area contributed by atoms with E-state index < -0.39 is 5.54 Å². The first-order chi connectivity index (χ1) is 9.03. The predicted molar refractivity (Wildman–Crippen MR) is 79.2 cm³/mol. The summed E-state index contributed by atoms with van der Waals surface area (Å²) in [6, 6.07) is 13.0. The number of benzene rings is 2. The van der Waals surface area contributed by atoms with Crippen molar-refractivity contribution in [2.24, 2.45) is 16.5 Å². The minimum atomic E-state index is -0.954. The number of rotatable bonds is 1. The van der Waals surface area contributed by atoms with Crippen LogP contribution in [0.3, 0.4) is 0 Å². The Morgan fingerprint density at radius 2 is 1.63 bits per heavy atom. The molecular formula is C14H11Cl2N3. The molecule has 1 unspecified atom stereocenters. The molecule has 1 heterocycles. The molecule has 3 rings (SSSR count). The van der Waals surface area contributed by atoms with Gasteiger partial charge in [0.05, 0.1) is 15.7 Å². The van der Waals surface area contributed by atoms with Crippen molar-refractivity contribution in [1.29, 1.82) is 0 Å². The fourth-order valence-electron chi connectivity index (χ4n) is 2.31. The van der Waals surface area contributed by atoms with E-state index in [-0.39, 0.29) is 0 Å². The molecule has 0 amide bonds. The second-order valence-electron chi connectivity index (χ2n) is 4.45. The van der Waals surface area contributed by atoms with Gasteiger partial charge in [-0.25, -0.2) is 4.99 Å². The van der Waals surface area contributed by atoms with Crippen LogP contribution in [0.4, 0.5) is 5.69 Å². The van der Waals surface area contributed by atoms with Crippen molar-refractivity contribution < 1.29 is 0 Å². The van der Waals surface area contributed by atoms with Crippen molar-refractivity contribution in [3.05, 3.63) is 63.6 Å². The van der Waals surface area contributed by atoms with Gasteiger partial charge in [0, 0.05) is 5.56 Å². The van der Waals surface area contributed by atoms with E-state index >= 15 is 0 Å². The maximum atomic E-state index is 6.50. The highest BCUT2D eigenvalue weighted by Crippen LogP contribution is 2.43. The number of hydrogen-bond acceptors (Lipinski definition) is 3. The largest absolute Gasteiger partial charge is 0.385 e. The number of halogens is 2. The van der Waals surface area contributed by atoms with Crippen molar-refractivity contribution >= 4 is 34.7 Å². The maximum Gasteiger partial charge on any atom is 0.129 e. The summed E-state index contributed by atoms with van der Waals surface area (Å²) in [5.74, 6) is 0.340. The van der Waals surface area contributed by atoms with E-state index in [1.54, 1.807) is 12.1 Å². The van der Waals surface area contributed by atoms with Crippen LogP contribution in [0.15, 0.2) is 47.5 Å². The van der Waals surface area contributed by atoms with E-state index in [9.17, 15) is 0 Å². The number of fused-ring (bicyclic) bond motifs is 1. The zero-order valence-electron chi connectivity index (χ0n) is 9.90. The molecule has 4 N–H and O–H groups in total. The van der Waals surface area contributed by atoms with Crippen LogP contribution in [0.5, 0.6) is 0 Å². The standard InChI is InChI=1S/C14H11Cl2N3/c15-10-6-9-12(7-11(10)16)19-13(17)14(9,18)8-4-2-1-3-5-8/h1-7H,18H2,(H2,17,19). The number of nitrogens with two attached hydrogens (primary N) is 2. The topological polar surface area (TPSA) is 64.4 Å². The van der Waals surface area contributed by atoms with Crippen LogP contribution in [0.1, 0.15) is 11.1 Å². The highest BCUT2D eigenvalue weighted by atomic mass is 35.5. The van der Waals surface area contributed by atoms with Crippen LogP contribution in [0, 0.1) is 0 Å². The quantitative estimate of drug-likeness (QED) is 0.847. The fraction of sp³-hybridized carbons (Fsp3) is 0.0714. The minimum absolute atomic E-state index is 0.340. The van der Waals surface area contributed by atoms with Gasteiger partial charge in [-0.2, -0.15) is 0 Å². The molecule has 0 bridgehead atoms. The molecule has 0 spiro atoms. The lowest BCUT2D eigenvalue weighted by Crippen LogP contribution is -2.47. The molecule has 0 saturated carbocycles. The summed E-state index contributed by atoms with van der Waals surface area (Å²) < 4.78 is 0. The van der Waals surface area contributed by atoms with Gasteiger partial charge in [-0.15, -0.1) is 0 Å². The third-order valence-corrected chi connectivity index (χ3v) is 4.06. The Bertz CT molecular complexity index is 683. The van der Waals surface area contributed by atoms with Gasteiger partial charge in [-0.05, 0) is 17.7 Å². The number of aliphatic imine (C=N–C) groups is 1. The SMILES string of the molecule is NC1=Nc2cc(Cl)c(Cl)cc2C1(N)c1ccccc1. The average molecular weight is 292 g/mol. The first-order valence-electron chi connectivity index (χ1n) is 5.72. The summed E-state index contributed by atoms with van der Waals surface area (Å²) in [4.78, 5) is 4.31. The van der Waals surface area contributed by atoms with Gasteiger partial charge in [0.1, 0.15) is 11.4 Å². The molecule has 0 aliphatic carbocycles. The first-order valence-corrected chi connectivity index (χ1v) is 6.47. The Labute approximate surface area is 120 Å². The lowest BCUT2D eigenvalue weighted by molar-refractivity contribution is 0.740. The van der Waals surface area contributed by atoms with Crippen molar-refractivity contribution in [3.8, 4) is 0 Å². The molecule has 1 atom stereocenters. The normalized spacial score (nSPS) is 21.1. The van der Waals surface area contributed by atoms with Crippen LogP contribution in [0.25, 0.3) is 0 Å². The number of hydrogen-bond donors (Lipinski definition) is 2. The fourth-order valence-corrected chi connectivity index (χ4v) is 2.63. The third kappa shape index (κ3) is 1.74. The maximum absolute atomic E-state index is 6.50. The third-order valence-electron chi connectivity index (χ3n) is 3.34. The van der Waals surface area contributed by atoms with Crippen molar-refractivity contribution in [1.82, 2.24) is 0 Å². The second-order valence-corrected chi connectivity index (χ2v) is 5.27. The highest BCUT2D eigenvalue weighted by Gasteiger charge is 2.40. The smallest absolute Gasteiger partial charge is 0.129 e. The molecule has 3 nitrogen and oxygen atoms in total. The van der Waals surface area contributed by atoms with Gasteiger partial charge in [0.25, 0.3) is 0 Å². The number of nitrogens with zero attached hydrogens (tertiary/aromatic N) is 1. The van der Waals surface area contributed by atoms with Crippen molar-refractivity contribution in [2.75, 3.05) is 0 Å². The second kappa shape index (κ2) is 4.23. The Balaban J connectivity index is 2.27. The van der Waals surface area contributed by atoms with E-state index in [0.717, 1.165) is 11.1 Å².